The van der Waals surface area contributed by atoms with E-state index in [2.05, 4.69) is 53.3 Å². The Morgan fingerprint density at radius 3 is 1.08 bits per heavy atom. The summed E-state index contributed by atoms with van der Waals surface area (Å²) >= 11 is 2.23. The maximum absolute atomic E-state index is 2.48. The maximum atomic E-state index is 2.48. The standard InChI is InChI=1S/C38H74S/c1-37(2,3)35-29-21-19-27-33(35)25-17-13-9-7-11-15-23-31-39-32-24-16-12-8-10-14-18-26-34-28-20-22-30-36(34)38(4,5)6/h33-36H,7-32H2,1-6H3. The van der Waals surface area contributed by atoms with Crippen molar-refractivity contribution >= 4 is 11.8 Å². The molecule has 0 spiro atoms. The summed E-state index contributed by atoms with van der Waals surface area (Å²) in [4.78, 5) is 0. The van der Waals surface area contributed by atoms with E-state index >= 15 is 0 Å². The van der Waals surface area contributed by atoms with Crippen LogP contribution in [-0.4, -0.2) is 11.5 Å². The summed E-state index contributed by atoms with van der Waals surface area (Å²) in [5.74, 6) is 6.82. The summed E-state index contributed by atoms with van der Waals surface area (Å²) in [6.45, 7) is 14.9. The van der Waals surface area contributed by atoms with Crippen LogP contribution in [-0.2, 0) is 0 Å². The highest BCUT2D eigenvalue weighted by molar-refractivity contribution is 7.99. The SMILES string of the molecule is CC(C)(C)C1CCCCC1CCCCCCCCCSCCCCCCCCCC1CCCCC1C(C)(C)C. The van der Waals surface area contributed by atoms with Gasteiger partial charge in [0.1, 0.15) is 0 Å². The molecule has 4 atom stereocenters. The zero-order chi connectivity index (χ0) is 28.4. The fraction of sp³-hybridized carbons (Fsp3) is 1.00. The van der Waals surface area contributed by atoms with Crippen molar-refractivity contribution in [2.75, 3.05) is 11.5 Å². The van der Waals surface area contributed by atoms with Crippen LogP contribution in [0.1, 0.15) is 196 Å². The molecule has 2 rings (SSSR count). The highest BCUT2D eigenvalue weighted by atomic mass is 32.2. The number of hydrogen-bond donors (Lipinski definition) is 0. The highest BCUT2D eigenvalue weighted by Crippen LogP contribution is 2.45. The van der Waals surface area contributed by atoms with Crippen molar-refractivity contribution in [1.82, 2.24) is 0 Å². The van der Waals surface area contributed by atoms with Crippen LogP contribution in [0.25, 0.3) is 0 Å². The molecule has 1 heteroatoms. The van der Waals surface area contributed by atoms with Crippen molar-refractivity contribution in [2.24, 2.45) is 34.5 Å². The fourth-order valence-electron chi connectivity index (χ4n) is 8.48. The van der Waals surface area contributed by atoms with Gasteiger partial charge in [0.15, 0.2) is 0 Å². The highest BCUT2D eigenvalue weighted by Gasteiger charge is 2.34. The Bertz CT molecular complexity index is 516. The summed E-state index contributed by atoms with van der Waals surface area (Å²) in [5, 5.41) is 0. The van der Waals surface area contributed by atoms with E-state index in [0.717, 1.165) is 23.7 Å². The summed E-state index contributed by atoms with van der Waals surface area (Å²) in [5.41, 5.74) is 1.04. The second-order valence-electron chi connectivity index (χ2n) is 16.2. The minimum Gasteiger partial charge on any atom is -0.162 e. The molecule has 0 radical (unpaired) electrons. The maximum Gasteiger partial charge on any atom is -0.00675 e. The number of unbranched alkanes of at least 4 members (excludes halogenated alkanes) is 12. The van der Waals surface area contributed by atoms with Gasteiger partial charge in [0.2, 0.25) is 0 Å². The van der Waals surface area contributed by atoms with Gasteiger partial charge >= 0.3 is 0 Å². The molecule has 0 nitrogen and oxygen atoms in total. The topological polar surface area (TPSA) is 0 Å². The molecule has 0 amide bonds. The van der Waals surface area contributed by atoms with E-state index in [0.29, 0.717) is 10.8 Å². The molecule has 2 aliphatic carbocycles. The van der Waals surface area contributed by atoms with E-state index in [1.165, 1.54) is 166 Å². The van der Waals surface area contributed by atoms with Gasteiger partial charge in [-0.1, -0.05) is 170 Å². The molecular formula is C38H74S. The molecule has 2 aliphatic rings. The van der Waals surface area contributed by atoms with Crippen molar-refractivity contribution < 1.29 is 0 Å². The number of hydrogen-bond acceptors (Lipinski definition) is 1. The van der Waals surface area contributed by atoms with Gasteiger partial charge in [-0.2, -0.15) is 11.8 Å². The normalized spacial score (nSPS) is 24.8. The Balaban J connectivity index is 1.29. The molecule has 4 unspecified atom stereocenters. The summed E-state index contributed by atoms with van der Waals surface area (Å²) < 4.78 is 0. The van der Waals surface area contributed by atoms with E-state index in [9.17, 15) is 0 Å². The van der Waals surface area contributed by atoms with Crippen LogP contribution in [0.2, 0.25) is 0 Å². The summed E-state index contributed by atoms with van der Waals surface area (Å²) in [7, 11) is 0. The summed E-state index contributed by atoms with van der Waals surface area (Å²) in [6.07, 6.45) is 35.7. The molecule has 39 heavy (non-hydrogen) atoms. The number of thioether (sulfide) groups is 1. The Labute approximate surface area is 252 Å². The molecule has 0 aromatic heterocycles. The quantitative estimate of drug-likeness (QED) is 0.133. The lowest BCUT2D eigenvalue weighted by atomic mass is 9.65. The minimum absolute atomic E-state index is 0.521. The average Bonchev–Trinajstić information content (AvgIpc) is 2.89. The second-order valence-corrected chi connectivity index (χ2v) is 17.4. The molecule has 2 saturated carbocycles. The molecule has 0 aromatic rings. The van der Waals surface area contributed by atoms with E-state index in [4.69, 9.17) is 0 Å². The smallest absolute Gasteiger partial charge is 0.00675 e. The first-order chi connectivity index (χ1) is 18.7. The lowest BCUT2D eigenvalue weighted by Gasteiger charge is -2.40. The van der Waals surface area contributed by atoms with Crippen molar-refractivity contribution in [3.05, 3.63) is 0 Å². The molecule has 0 N–H and O–H groups in total. The Kier molecular flexibility index (Phi) is 18.5. The Morgan fingerprint density at radius 1 is 0.410 bits per heavy atom. The van der Waals surface area contributed by atoms with Crippen LogP contribution < -0.4 is 0 Å². The van der Waals surface area contributed by atoms with E-state index in [1.54, 1.807) is 0 Å². The summed E-state index contributed by atoms with van der Waals surface area (Å²) in [6, 6.07) is 0. The Hall–Kier alpha value is 0.350. The molecule has 0 saturated heterocycles. The predicted molar refractivity (Wildman–Crippen MR) is 181 cm³/mol. The molecule has 232 valence electrons. The molecule has 0 bridgehead atoms. The van der Waals surface area contributed by atoms with Crippen molar-refractivity contribution in [3.8, 4) is 0 Å². The monoisotopic (exact) mass is 563 g/mol. The van der Waals surface area contributed by atoms with Crippen LogP contribution in [0, 0.1) is 34.5 Å². The first-order valence-electron chi connectivity index (χ1n) is 18.3. The van der Waals surface area contributed by atoms with Crippen LogP contribution in [0.4, 0.5) is 0 Å². The van der Waals surface area contributed by atoms with Gasteiger partial charge in [-0.25, -0.2) is 0 Å². The third-order valence-corrected chi connectivity index (χ3v) is 11.9. The third-order valence-electron chi connectivity index (χ3n) is 10.8. The van der Waals surface area contributed by atoms with Crippen molar-refractivity contribution in [2.45, 2.75) is 196 Å². The predicted octanol–water partition coefficient (Wildman–Crippen LogP) is 13.7. The molecule has 2 fully saturated rings. The van der Waals surface area contributed by atoms with Crippen LogP contribution >= 0.6 is 11.8 Å². The van der Waals surface area contributed by atoms with E-state index < -0.39 is 0 Å². The largest absolute Gasteiger partial charge is 0.162 e. The van der Waals surface area contributed by atoms with Crippen molar-refractivity contribution in [3.63, 3.8) is 0 Å². The lowest BCUT2D eigenvalue weighted by Crippen LogP contribution is -2.31. The minimum atomic E-state index is 0.521. The van der Waals surface area contributed by atoms with Crippen molar-refractivity contribution in [1.29, 1.82) is 0 Å². The van der Waals surface area contributed by atoms with Gasteiger partial charge in [0, 0.05) is 0 Å². The molecule has 0 heterocycles. The second kappa shape index (κ2) is 20.3. The Morgan fingerprint density at radius 2 is 0.718 bits per heavy atom. The van der Waals surface area contributed by atoms with Gasteiger partial charge in [0.25, 0.3) is 0 Å². The first-order valence-corrected chi connectivity index (χ1v) is 19.4. The first kappa shape index (κ1) is 35.5. The van der Waals surface area contributed by atoms with Crippen LogP contribution in [0.15, 0.2) is 0 Å². The molecule has 0 aromatic carbocycles. The van der Waals surface area contributed by atoms with E-state index in [1.807, 2.05) is 0 Å². The van der Waals surface area contributed by atoms with Crippen LogP contribution in [0.5, 0.6) is 0 Å². The van der Waals surface area contributed by atoms with Gasteiger partial charge in [-0.15, -0.1) is 0 Å². The zero-order valence-electron chi connectivity index (χ0n) is 28.1. The molecule has 0 aliphatic heterocycles. The molecular weight excluding hydrogens is 488 g/mol. The fourth-order valence-corrected chi connectivity index (χ4v) is 9.50. The van der Waals surface area contributed by atoms with Gasteiger partial charge in [-0.3, -0.25) is 0 Å². The van der Waals surface area contributed by atoms with Crippen LogP contribution in [0.3, 0.4) is 0 Å². The van der Waals surface area contributed by atoms with E-state index in [-0.39, 0.29) is 0 Å². The third kappa shape index (κ3) is 16.0. The van der Waals surface area contributed by atoms with Gasteiger partial charge < -0.3 is 0 Å². The zero-order valence-corrected chi connectivity index (χ0v) is 28.9. The van der Waals surface area contributed by atoms with Gasteiger partial charge in [0.05, 0.1) is 0 Å². The lowest BCUT2D eigenvalue weighted by molar-refractivity contribution is 0.0994. The van der Waals surface area contributed by atoms with Gasteiger partial charge in [-0.05, 0) is 71.7 Å². The number of rotatable bonds is 20. The average molecular weight is 563 g/mol.